The molecule has 1 heterocycles. The van der Waals surface area contributed by atoms with Crippen LogP contribution in [0.25, 0.3) is 0 Å². The maximum absolute atomic E-state index is 11.4. The summed E-state index contributed by atoms with van der Waals surface area (Å²) < 4.78 is 5.49. The topological polar surface area (TPSA) is 26.3 Å². The molecule has 1 fully saturated rings. The zero-order chi connectivity index (χ0) is 10.7. The highest BCUT2D eigenvalue weighted by Crippen LogP contribution is 2.31. The second-order valence-electron chi connectivity index (χ2n) is 4.78. The van der Waals surface area contributed by atoms with Crippen LogP contribution in [0.2, 0.25) is 0 Å². The van der Waals surface area contributed by atoms with E-state index < -0.39 is 0 Å². The van der Waals surface area contributed by atoms with Crippen LogP contribution >= 0.6 is 0 Å². The van der Waals surface area contributed by atoms with Crippen molar-refractivity contribution in [3.05, 3.63) is 0 Å². The smallest absolute Gasteiger partial charge is 0.308 e. The fourth-order valence-corrected chi connectivity index (χ4v) is 2.45. The molecule has 0 unspecified atom stereocenters. The Bertz CT molecular complexity index is 196. The number of carbonyl (C=O) groups excluding carboxylic acids is 1. The van der Waals surface area contributed by atoms with E-state index >= 15 is 0 Å². The maximum atomic E-state index is 11.4. The van der Waals surface area contributed by atoms with Crippen molar-refractivity contribution >= 4 is 5.97 Å². The lowest BCUT2D eigenvalue weighted by molar-refractivity contribution is -0.168. The Morgan fingerprint density at radius 1 is 1.50 bits per heavy atom. The van der Waals surface area contributed by atoms with Crippen LogP contribution in [0.3, 0.4) is 0 Å². The standard InChI is InChI=1S/C12H22O2/c1-5-6-8(2)11-9(3)7-10(4)12(13)14-11/h8-11H,5-7H2,1-4H3/t8-,9+,10+,11-/m0/s1. The number of hydrogen-bond donors (Lipinski definition) is 0. The van der Waals surface area contributed by atoms with E-state index in [1.165, 1.54) is 0 Å². The minimum atomic E-state index is -0.00365. The number of hydrogen-bond acceptors (Lipinski definition) is 2. The van der Waals surface area contributed by atoms with E-state index in [1.807, 2.05) is 6.92 Å². The average Bonchev–Trinajstić information content (AvgIpc) is 2.11. The highest BCUT2D eigenvalue weighted by atomic mass is 16.5. The second-order valence-corrected chi connectivity index (χ2v) is 4.78. The molecule has 2 nitrogen and oxygen atoms in total. The molecular formula is C12H22O2. The van der Waals surface area contributed by atoms with Gasteiger partial charge in [0.05, 0.1) is 5.92 Å². The third-order valence-corrected chi connectivity index (χ3v) is 3.25. The Balaban J connectivity index is 2.56. The summed E-state index contributed by atoms with van der Waals surface area (Å²) >= 11 is 0. The molecule has 0 bridgehead atoms. The lowest BCUT2D eigenvalue weighted by Gasteiger charge is -2.35. The highest BCUT2D eigenvalue weighted by molar-refractivity contribution is 5.73. The molecule has 0 aromatic rings. The van der Waals surface area contributed by atoms with Gasteiger partial charge in [0.1, 0.15) is 6.10 Å². The van der Waals surface area contributed by atoms with Crippen molar-refractivity contribution in [2.45, 2.75) is 53.1 Å². The Hall–Kier alpha value is -0.530. The first-order valence-electron chi connectivity index (χ1n) is 5.76. The van der Waals surface area contributed by atoms with Crippen LogP contribution < -0.4 is 0 Å². The van der Waals surface area contributed by atoms with E-state index in [9.17, 15) is 4.79 Å². The first-order chi connectivity index (χ1) is 6.56. The molecule has 14 heavy (non-hydrogen) atoms. The van der Waals surface area contributed by atoms with Crippen molar-refractivity contribution in [2.24, 2.45) is 17.8 Å². The van der Waals surface area contributed by atoms with Gasteiger partial charge in [-0.25, -0.2) is 0 Å². The molecule has 0 amide bonds. The van der Waals surface area contributed by atoms with Gasteiger partial charge in [-0.15, -0.1) is 0 Å². The summed E-state index contributed by atoms with van der Waals surface area (Å²) in [5.41, 5.74) is 0. The highest BCUT2D eigenvalue weighted by Gasteiger charge is 2.35. The van der Waals surface area contributed by atoms with Gasteiger partial charge in [0, 0.05) is 0 Å². The first kappa shape index (κ1) is 11.5. The van der Waals surface area contributed by atoms with Crippen molar-refractivity contribution < 1.29 is 9.53 Å². The monoisotopic (exact) mass is 198 g/mol. The molecule has 0 N–H and O–H groups in total. The molecule has 82 valence electrons. The lowest BCUT2D eigenvalue weighted by Crippen LogP contribution is -2.39. The van der Waals surface area contributed by atoms with Gasteiger partial charge in [0.2, 0.25) is 0 Å². The van der Waals surface area contributed by atoms with Crippen LogP contribution in [0.15, 0.2) is 0 Å². The van der Waals surface area contributed by atoms with Gasteiger partial charge >= 0.3 is 5.97 Å². The minimum Gasteiger partial charge on any atom is -0.462 e. The molecule has 0 aromatic heterocycles. The summed E-state index contributed by atoms with van der Waals surface area (Å²) in [6.07, 6.45) is 3.45. The van der Waals surface area contributed by atoms with Gasteiger partial charge in [0.15, 0.2) is 0 Å². The number of cyclic esters (lactones) is 1. The van der Waals surface area contributed by atoms with E-state index in [4.69, 9.17) is 4.74 Å². The molecule has 1 saturated heterocycles. The SMILES string of the molecule is CCC[C@H](C)[C@@H]1OC(=O)[C@H](C)C[C@H]1C. The maximum Gasteiger partial charge on any atom is 0.308 e. The van der Waals surface area contributed by atoms with Crippen molar-refractivity contribution in [1.82, 2.24) is 0 Å². The molecule has 0 aliphatic carbocycles. The number of esters is 1. The van der Waals surface area contributed by atoms with Gasteiger partial charge in [-0.2, -0.15) is 0 Å². The van der Waals surface area contributed by atoms with E-state index in [0.717, 1.165) is 19.3 Å². The Morgan fingerprint density at radius 3 is 2.71 bits per heavy atom. The fraction of sp³-hybridized carbons (Fsp3) is 0.917. The third-order valence-electron chi connectivity index (χ3n) is 3.25. The van der Waals surface area contributed by atoms with E-state index in [2.05, 4.69) is 20.8 Å². The zero-order valence-electron chi connectivity index (χ0n) is 9.75. The van der Waals surface area contributed by atoms with Gasteiger partial charge in [0.25, 0.3) is 0 Å². The number of ether oxygens (including phenoxy) is 1. The molecule has 1 aliphatic heterocycles. The molecule has 0 spiro atoms. The zero-order valence-corrected chi connectivity index (χ0v) is 9.75. The van der Waals surface area contributed by atoms with Gasteiger partial charge < -0.3 is 4.74 Å². The predicted octanol–water partition coefficient (Wildman–Crippen LogP) is 3.01. The number of carbonyl (C=O) groups is 1. The van der Waals surface area contributed by atoms with Crippen molar-refractivity contribution in [1.29, 1.82) is 0 Å². The largest absolute Gasteiger partial charge is 0.462 e. The molecule has 1 rings (SSSR count). The Labute approximate surface area is 87.0 Å². The summed E-state index contributed by atoms with van der Waals surface area (Å²) in [7, 11) is 0. The lowest BCUT2D eigenvalue weighted by atomic mass is 9.82. The third kappa shape index (κ3) is 2.49. The van der Waals surface area contributed by atoms with Crippen LogP contribution in [-0.2, 0) is 9.53 Å². The summed E-state index contributed by atoms with van der Waals surface area (Å²) in [5.74, 6) is 1.11. The summed E-state index contributed by atoms with van der Waals surface area (Å²) in [6, 6.07) is 0. The molecule has 1 aliphatic rings. The average molecular weight is 198 g/mol. The fourth-order valence-electron chi connectivity index (χ4n) is 2.45. The summed E-state index contributed by atoms with van der Waals surface area (Å²) in [6.45, 7) is 8.52. The molecule has 4 atom stereocenters. The Kier molecular flexibility index (Phi) is 3.97. The summed E-state index contributed by atoms with van der Waals surface area (Å²) in [5, 5.41) is 0. The van der Waals surface area contributed by atoms with Crippen molar-refractivity contribution in [2.75, 3.05) is 0 Å². The quantitative estimate of drug-likeness (QED) is 0.652. The van der Waals surface area contributed by atoms with Gasteiger partial charge in [-0.05, 0) is 24.7 Å². The van der Waals surface area contributed by atoms with Crippen LogP contribution in [0.4, 0.5) is 0 Å². The normalized spacial score (nSPS) is 35.1. The molecular weight excluding hydrogens is 176 g/mol. The minimum absolute atomic E-state index is 0.00365. The molecule has 0 radical (unpaired) electrons. The van der Waals surface area contributed by atoms with Crippen molar-refractivity contribution in [3.63, 3.8) is 0 Å². The second kappa shape index (κ2) is 4.81. The van der Waals surface area contributed by atoms with Crippen LogP contribution in [0.1, 0.15) is 47.0 Å². The van der Waals surface area contributed by atoms with Crippen LogP contribution in [-0.4, -0.2) is 12.1 Å². The summed E-state index contributed by atoms with van der Waals surface area (Å²) in [4.78, 5) is 11.4. The predicted molar refractivity (Wildman–Crippen MR) is 56.9 cm³/mol. The van der Waals surface area contributed by atoms with Gasteiger partial charge in [-0.3, -0.25) is 4.79 Å². The first-order valence-corrected chi connectivity index (χ1v) is 5.76. The van der Waals surface area contributed by atoms with Gasteiger partial charge in [-0.1, -0.05) is 34.1 Å². The molecule has 2 heteroatoms. The van der Waals surface area contributed by atoms with E-state index in [-0.39, 0.29) is 18.0 Å². The Morgan fingerprint density at radius 2 is 2.14 bits per heavy atom. The van der Waals surface area contributed by atoms with Crippen LogP contribution in [0.5, 0.6) is 0 Å². The number of rotatable bonds is 3. The van der Waals surface area contributed by atoms with E-state index in [0.29, 0.717) is 11.8 Å². The van der Waals surface area contributed by atoms with E-state index in [1.54, 1.807) is 0 Å². The van der Waals surface area contributed by atoms with Crippen molar-refractivity contribution in [3.8, 4) is 0 Å². The molecule has 0 aromatic carbocycles. The van der Waals surface area contributed by atoms with Crippen LogP contribution in [0, 0.1) is 17.8 Å². The molecule has 0 saturated carbocycles.